The van der Waals surface area contributed by atoms with Crippen LogP contribution in [-0.4, -0.2) is 26.2 Å². The predicted octanol–water partition coefficient (Wildman–Crippen LogP) is 2.11. The number of hydrogen-bond acceptors (Lipinski definition) is 2. The van der Waals surface area contributed by atoms with E-state index in [0.29, 0.717) is 0 Å². The predicted molar refractivity (Wildman–Crippen MR) is 64.6 cm³/mol. The molecular weight excluding hydrogens is 172 g/mol. The fourth-order valence-electron chi connectivity index (χ4n) is 1.86. The molecule has 0 saturated heterocycles. The van der Waals surface area contributed by atoms with Crippen molar-refractivity contribution in [1.29, 1.82) is 0 Å². The zero-order chi connectivity index (χ0) is 11.0. The van der Waals surface area contributed by atoms with E-state index < -0.39 is 0 Å². The van der Waals surface area contributed by atoms with Crippen LogP contribution in [0.3, 0.4) is 0 Å². The van der Waals surface area contributed by atoms with Gasteiger partial charge in [-0.25, -0.2) is 0 Å². The molecule has 2 nitrogen and oxygen atoms in total. The van der Waals surface area contributed by atoms with Gasteiger partial charge in [-0.3, -0.25) is 0 Å². The van der Waals surface area contributed by atoms with E-state index >= 15 is 0 Å². The zero-order valence-electron chi connectivity index (χ0n) is 10.6. The molecule has 0 aromatic heterocycles. The van der Waals surface area contributed by atoms with Gasteiger partial charge in [-0.15, -0.1) is 0 Å². The molecule has 0 saturated carbocycles. The molecule has 0 fully saturated rings. The second-order valence-electron chi connectivity index (χ2n) is 4.71. The molecule has 0 amide bonds. The fourth-order valence-corrected chi connectivity index (χ4v) is 1.86. The molecule has 2 N–H and O–H groups in total. The molecule has 14 heavy (non-hydrogen) atoms. The molecule has 0 rings (SSSR count). The molecule has 0 radical (unpaired) electrons. The fraction of sp³-hybridized carbons (Fsp3) is 1.00. The van der Waals surface area contributed by atoms with Crippen LogP contribution in [0.4, 0.5) is 0 Å². The summed E-state index contributed by atoms with van der Waals surface area (Å²) >= 11 is 0. The average molecular weight is 200 g/mol. The van der Waals surface area contributed by atoms with Gasteiger partial charge in [0.2, 0.25) is 0 Å². The van der Waals surface area contributed by atoms with Gasteiger partial charge in [0.25, 0.3) is 0 Å². The van der Waals surface area contributed by atoms with Crippen molar-refractivity contribution in [1.82, 2.24) is 10.6 Å². The van der Waals surface area contributed by atoms with Crippen molar-refractivity contribution >= 4 is 0 Å². The summed E-state index contributed by atoms with van der Waals surface area (Å²) in [5.74, 6) is 2.36. The minimum Gasteiger partial charge on any atom is -0.316 e. The number of rotatable bonds is 8. The quantitative estimate of drug-likeness (QED) is 0.586. The van der Waals surface area contributed by atoms with Crippen molar-refractivity contribution in [3.8, 4) is 0 Å². The molecule has 0 aromatic carbocycles. The normalized spacial score (nSPS) is 12.0. The van der Waals surface area contributed by atoms with Crippen molar-refractivity contribution in [2.75, 3.05) is 26.2 Å². The van der Waals surface area contributed by atoms with Crippen LogP contribution in [0, 0.1) is 17.8 Å². The highest BCUT2D eigenvalue weighted by atomic mass is 14.9. The van der Waals surface area contributed by atoms with E-state index in [9.17, 15) is 0 Å². The summed E-state index contributed by atoms with van der Waals surface area (Å²) in [4.78, 5) is 0. The van der Waals surface area contributed by atoms with E-state index in [4.69, 9.17) is 0 Å². The van der Waals surface area contributed by atoms with Crippen LogP contribution in [0.2, 0.25) is 0 Å². The molecular formula is C12H28N2. The Morgan fingerprint density at radius 2 is 1.36 bits per heavy atom. The van der Waals surface area contributed by atoms with Gasteiger partial charge in [0.05, 0.1) is 0 Å². The molecule has 86 valence electrons. The highest BCUT2D eigenvalue weighted by Gasteiger charge is 2.16. The van der Waals surface area contributed by atoms with Gasteiger partial charge in [-0.05, 0) is 30.8 Å². The molecule has 0 aliphatic heterocycles. The van der Waals surface area contributed by atoms with Crippen LogP contribution in [0.1, 0.15) is 34.6 Å². The van der Waals surface area contributed by atoms with Gasteiger partial charge in [-0.2, -0.15) is 0 Å². The Morgan fingerprint density at radius 3 is 1.79 bits per heavy atom. The summed E-state index contributed by atoms with van der Waals surface area (Å²) in [7, 11) is 0. The largest absolute Gasteiger partial charge is 0.316 e. The third kappa shape index (κ3) is 6.39. The molecule has 0 aromatic rings. The number of nitrogens with one attached hydrogen (secondary N) is 2. The molecule has 0 bridgehead atoms. The summed E-state index contributed by atoms with van der Waals surface area (Å²) in [6.07, 6.45) is 0. The van der Waals surface area contributed by atoms with Gasteiger partial charge in [0, 0.05) is 13.1 Å². The van der Waals surface area contributed by atoms with Crippen molar-refractivity contribution in [2.24, 2.45) is 17.8 Å². The first-order valence-electron chi connectivity index (χ1n) is 6.01. The second-order valence-corrected chi connectivity index (χ2v) is 4.71. The minimum absolute atomic E-state index is 0.779. The monoisotopic (exact) mass is 200 g/mol. The molecule has 0 aliphatic carbocycles. The van der Waals surface area contributed by atoms with Gasteiger partial charge < -0.3 is 10.6 Å². The lowest BCUT2D eigenvalue weighted by atomic mass is 9.85. The van der Waals surface area contributed by atoms with Crippen LogP contribution in [0.5, 0.6) is 0 Å². The first-order chi connectivity index (χ1) is 6.59. The Kier molecular flexibility index (Phi) is 8.20. The highest BCUT2D eigenvalue weighted by Crippen LogP contribution is 2.19. The van der Waals surface area contributed by atoms with E-state index in [0.717, 1.165) is 43.9 Å². The third-order valence-corrected chi connectivity index (χ3v) is 2.82. The summed E-state index contributed by atoms with van der Waals surface area (Å²) in [6.45, 7) is 15.8. The van der Waals surface area contributed by atoms with Gasteiger partial charge in [0.15, 0.2) is 0 Å². The summed E-state index contributed by atoms with van der Waals surface area (Å²) in [5, 5.41) is 6.84. The SMILES string of the molecule is CCNCCNCC(C(C)C)C(C)C. The molecule has 0 aliphatic rings. The first-order valence-corrected chi connectivity index (χ1v) is 6.01. The van der Waals surface area contributed by atoms with Crippen LogP contribution in [0.25, 0.3) is 0 Å². The van der Waals surface area contributed by atoms with Crippen LogP contribution in [-0.2, 0) is 0 Å². The lowest BCUT2D eigenvalue weighted by Gasteiger charge is -2.25. The summed E-state index contributed by atoms with van der Waals surface area (Å²) < 4.78 is 0. The van der Waals surface area contributed by atoms with Crippen molar-refractivity contribution in [3.05, 3.63) is 0 Å². The molecule has 0 spiro atoms. The highest BCUT2D eigenvalue weighted by molar-refractivity contribution is 4.69. The topological polar surface area (TPSA) is 24.1 Å². The van der Waals surface area contributed by atoms with Gasteiger partial charge in [0.1, 0.15) is 0 Å². The van der Waals surface area contributed by atoms with E-state index in [1.807, 2.05) is 0 Å². The second kappa shape index (κ2) is 8.25. The van der Waals surface area contributed by atoms with Crippen LogP contribution in [0.15, 0.2) is 0 Å². The zero-order valence-corrected chi connectivity index (χ0v) is 10.6. The molecule has 0 atom stereocenters. The first kappa shape index (κ1) is 13.9. The Bertz CT molecular complexity index is 113. The molecule has 2 heteroatoms. The Balaban J connectivity index is 3.52. The maximum Gasteiger partial charge on any atom is 0.00768 e. The molecule has 0 heterocycles. The van der Waals surface area contributed by atoms with E-state index in [2.05, 4.69) is 45.3 Å². The smallest absolute Gasteiger partial charge is 0.00768 e. The van der Waals surface area contributed by atoms with Crippen molar-refractivity contribution < 1.29 is 0 Å². The van der Waals surface area contributed by atoms with Crippen molar-refractivity contribution in [2.45, 2.75) is 34.6 Å². The lowest BCUT2D eigenvalue weighted by molar-refractivity contribution is 0.276. The minimum atomic E-state index is 0.779. The van der Waals surface area contributed by atoms with Crippen LogP contribution >= 0.6 is 0 Å². The Hall–Kier alpha value is -0.0800. The molecule has 0 unspecified atom stereocenters. The Morgan fingerprint density at radius 1 is 0.857 bits per heavy atom. The van der Waals surface area contributed by atoms with Gasteiger partial charge in [-0.1, -0.05) is 34.6 Å². The van der Waals surface area contributed by atoms with E-state index in [-0.39, 0.29) is 0 Å². The summed E-state index contributed by atoms with van der Waals surface area (Å²) in [5.41, 5.74) is 0. The van der Waals surface area contributed by atoms with E-state index in [1.54, 1.807) is 0 Å². The van der Waals surface area contributed by atoms with Crippen LogP contribution < -0.4 is 10.6 Å². The van der Waals surface area contributed by atoms with Gasteiger partial charge >= 0.3 is 0 Å². The number of hydrogen-bond donors (Lipinski definition) is 2. The average Bonchev–Trinajstić information content (AvgIpc) is 2.09. The third-order valence-electron chi connectivity index (χ3n) is 2.82. The maximum absolute atomic E-state index is 3.52. The maximum atomic E-state index is 3.52. The Labute approximate surface area is 89.9 Å². The van der Waals surface area contributed by atoms with E-state index in [1.165, 1.54) is 0 Å². The number of likely N-dealkylation sites (N-methyl/N-ethyl adjacent to an activating group) is 1. The standard InChI is InChI=1S/C12H28N2/c1-6-13-7-8-14-9-12(10(2)3)11(4)5/h10-14H,6-9H2,1-5H3. The summed E-state index contributed by atoms with van der Waals surface area (Å²) in [6, 6.07) is 0. The van der Waals surface area contributed by atoms with Crippen molar-refractivity contribution in [3.63, 3.8) is 0 Å². The lowest BCUT2D eigenvalue weighted by Crippen LogP contribution is -2.34.